The van der Waals surface area contributed by atoms with Crippen LogP contribution in [0.4, 0.5) is 5.69 Å². The van der Waals surface area contributed by atoms with Crippen LogP contribution in [0.1, 0.15) is 39.0 Å². The van der Waals surface area contributed by atoms with Crippen molar-refractivity contribution >= 4 is 47.2 Å². The monoisotopic (exact) mass is 492 g/mol. The van der Waals surface area contributed by atoms with Gasteiger partial charge in [-0.1, -0.05) is 23.7 Å². The second-order valence-electron chi connectivity index (χ2n) is 7.15. The van der Waals surface area contributed by atoms with Crippen LogP contribution in [0.2, 0.25) is 5.02 Å². The zero-order valence-electron chi connectivity index (χ0n) is 15.4. The van der Waals surface area contributed by atoms with E-state index in [1.54, 1.807) is 0 Å². The Bertz CT molecular complexity index is 609. The minimum absolute atomic E-state index is 0. The summed E-state index contributed by atoms with van der Waals surface area (Å²) in [7, 11) is 0. The summed E-state index contributed by atoms with van der Waals surface area (Å²) in [5.41, 5.74) is 0.514. The molecule has 1 saturated carbocycles. The highest BCUT2D eigenvalue weighted by Crippen LogP contribution is 2.31. The van der Waals surface area contributed by atoms with E-state index in [0.29, 0.717) is 12.6 Å². The van der Waals surface area contributed by atoms with Crippen molar-refractivity contribution < 1.29 is 5.11 Å². The van der Waals surface area contributed by atoms with Crippen LogP contribution in [0, 0.1) is 0 Å². The van der Waals surface area contributed by atoms with Gasteiger partial charge in [-0.3, -0.25) is 4.99 Å². The third-order valence-electron chi connectivity index (χ3n) is 5.12. The van der Waals surface area contributed by atoms with E-state index >= 15 is 0 Å². The Morgan fingerprint density at radius 2 is 2.12 bits per heavy atom. The lowest BCUT2D eigenvalue weighted by Gasteiger charge is -2.37. The number of hydrogen-bond acceptors (Lipinski definition) is 3. The van der Waals surface area contributed by atoms with Crippen LogP contribution in [0.3, 0.4) is 0 Å². The summed E-state index contributed by atoms with van der Waals surface area (Å²) >= 11 is 6.36. The first kappa shape index (κ1) is 21.6. The average Bonchev–Trinajstić information content (AvgIpc) is 2.59. The van der Waals surface area contributed by atoms with Gasteiger partial charge in [0.2, 0.25) is 0 Å². The lowest BCUT2D eigenvalue weighted by atomic mass is 9.80. The lowest BCUT2D eigenvalue weighted by Crippen LogP contribution is -2.52. The molecule has 1 saturated heterocycles. The molecule has 7 heteroatoms. The van der Waals surface area contributed by atoms with Crippen LogP contribution >= 0.6 is 35.6 Å². The Balaban J connectivity index is 0.00000243. The second kappa shape index (κ2) is 9.99. The van der Waals surface area contributed by atoms with E-state index in [-0.39, 0.29) is 24.0 Å². The summed E-state index contributed by atoms with van der Waals surface area (Å²) in [4.78, 5) is 6.96. The maximum Gasteiger partial charge on any atom is 0.191 e. The molecule has 2 aliphatic rings. The highest BCUT2D eigenvalue weighted by atomic mass is 127. The predicted octanol–water partition coefficient (Wildman–Crippen LogP) is 3.40. The molecule has 1 aliphatic heterocycles. The second-order valence-corrected chi connectivity index (χ2v) is 7.56. The molecule has 3 N–H and O–H groups in total. The smallest absolute Gasteiger partial charge is 0.191 e. The first-order valence-electron chi connectivity index (χ1n) is 9.36. The summed E-state index contributed by atoms with van der Waals surface area (Å²) in [6.07, 6.45) is 5.05. The Labute approximate surface area is 178 Å². The van der Waals surface area contributed by atoms with Crippen molar-refractivity contribution in [3.63, 3.8) is 0 Å². The van der Waals surface area contributed by atoms with E-state index in [0.717, 1.165) is 68.4 Å². The molecule has 0 bridgehead atoms. The molecular weight excluding hydrogens is 463 g/mol. The number of aliphatic imine (C=N–C) groups is 1. The number of anilines is 1. The molecule has 1 heterocycles. The third kappa shape index (κ3) is 5.63. The fourth-order valence-corrected chi connectivity index (χ4v) is 3.76. The quantitative estimate of drug-likeness (QED) is 0.335. The SMILES string of the molecule is CCNC(=NCC1(O)CCC1)NC1CCCN(c2ccccc2Cl)C1.I. The van der Waals surface area contributed by atoms with Crippen molar-refractivity contribution in [1.82, 2.24) is 10.6 Å². The lowest BCUT2D eigenvalue weighted by molar-refractivity contribution is -0.0236. The molecule has 3 rings (SSSR count). The number of benzene rings is 1. The molecule has 1 aromatic rings. The molecule has 0 aromatic heterocycles. The number of guanidine groups is 1. The van der Waals surface area contributed by atoms with Crippen LogP contribution in [-0.2, 0) is 0 Å². The Morgan fingerprint density at radius 3 is 2.77 bits per heavy atom. The predicted molar refractivity (Wildman–Crippen MR) is 120 cm³/mol. The first-order chi connectivity index (χ1) is 12.1. The Hall–Kier alpha value is -0.730. The van der Waals surface area contributed by atoms with Crippen molar-refractivity contribution in [2.45, 2.75) is 50.7 Å². The summed E-state index contributed by atoms with van der Waals surface area (Å²) in [5, 5.41) is 17.9. The molecule has 0 amide bonds. The largest absolute Gasteiger partial charge is 0.388 e. The van der Waals surface area contributed by atoms with Gasteiger partial charge in [-0.15, -0.1) is 24.0 Å². The highest BCUT2D eigenvalue weighted by Gasteiger charge is 2.34. The number of hydrogen-bond donors (Lipinski definition) is 3. The summed E-state index contributed by atoms with van der Waals surface area (Å²) < 4.78 is 0. The number of piperidine rings is 1. The molecule has 1 atom stereocenters. The molecule has 0 spiro atoms. The van der Waals surface area contributed by atoms with Crippen LogP contribution in [0.15, 0.2) is 29.3 Å². The summed E-state index contributed by atoms with van der Waals surface area (Å²) in [6.45, 7) is 5.27. The van der Waals surface area contributed by atoms with Gasteiger partial charge in [-0.25, -0.2) is 0 Å². The zero-order chi connectivity index (χ0) is 17.7. The van der Waals surface area contributed by atoms with E-state index in [1.807, 2.05) is 18.2 Å². The molecule has 146 valence electrons. The van der Waals surface area contributed by atoms with Crippen LogP contribution in [-0.4, -0.2) is 48.9 Å². The third-order valence-corrected chi connectivity index (χ3v) is 5.43. The van der Waals surface area contributed by atoms with Crippen molar-refractivity contribution in [3.8, 4) is 0 Å². The van der Waals surface area contributed by atoms with Crippen molar-refractivity contribution in [3.05, 3.63) is 29.3 Å². The van der Waals surface area contributed by atoms with Gasteiger partial charge >= 0.3 is 0 Å². The standard InChI is InChI=1S/C19H29ClN4O.HI/c1-2-21-18(22-14-19(25)10-6-11-19)23-15-7-5-12-24(13-15)17-9-4-3-8-16(17)20;/h3-4,8-9,15,25H,2,5-7,10-14H2,1H3,(H2,21,22,23);1H. The van der Waals surface area contributed by atoms with Gasteiger partial charge in [0.05, 0.1) is 22.9 Å². The van der Waals surface area contributed by atoms with Gasteiger partial charge < -0.3 is 20.6 Å². The van der Waals surface area contributed by atoms with Crippen molar-refractivity contribution in [2.75, 3.05) is 31.1 Å². The van der Waals surface area contributed by atoms with Gasteiger partial charge in [-0.2, -0.15) is 0 Å². The summed E-state index contributed by atoms with van der Waals surface area (Å²) in [5.74, 6) is 0.800. The van der Waals surface area contributed by atoms with Crippen LogP contribution in [0.25, 0.3) is 0 Å². The number of rotatable bonds is 5. The number of nitrogens with zero attached hydrogens (tertiary/aromatic N) is 2. The molecule has 1 aromatic carbocycles. The zero-order valence-corrected chi connectivity index (χ0v) is 18.5. The van der Waals surface area contributed by atoms with Gasteiger partial charge in [0.1, 0.15) is 0 Å². The molecule has 26 heavy (non-hydrogen) atoms. The minimum atomic E-state index is -0.585. The van der Waals surface area contributed by atoms with Gasteiger partial charge in [0.25, 0.3) is 0 Å². The fraction of sp³-hybridized carbons (Fsp3) is 0.632. The van der Waals surface area contributed by atoms with Crippen molar-refractivity contribution in [2.24, 2.45) is 4.99 Å². The maximum atomic E-state index is 10.3. The first-order valence-corrected chi connectivity index (χ1v) is 9.74. The van der Waals surface area contributed by atoms with Gasteiger partial charge in [-0.05, 0) is 51.2 Å². The average molecular weight is 493 g/mol. The normalized spacial score (nSPS) is 22.2. The van der Waals surface area contributed by atoms with E-state index in [2.05, 4.69) is 33.5 Å². The van der Waals surface area contributed by atoms with E-state index in [1.165, 1.54) is 0 Å². The van der Waals surface area contributed by atoms with E-state index < -0.39 is 5.60 Å². The fourth-order valence-electron chi connectivity index (χ4n) is 3.50. The Kier molecular flexibility index (Phi) is 8.29. The van der Waals surface area contributed by atoms with Crippen molar-refractivity contribution in [1.29, 1.82) is 0 Å². The molecule has 5 nitrogen and oxygen atoms in total. The number of aliphatic hydroxyl groups is 1. The van der Waals surface area contributed by atoms with E-state index in [9.17, 15) is 5.11 Å². The number of para-hydroxylation sites is 1. The highest BCUT2D eigenvalue weighted by molar-refractivity contribution is 14.0. The number of nitrogens with one attached hydrogen (secondary N) is 2. The molecule has 2 fully saturated rings. The maximum absolute atomic E-state index is 10.3. The van der Waals surface area contributed by atoms with Crippen LogP contribution in [0.5, 0.6) is 0 Å². The molecule has 1 unspecified atom stereocenters. The molecule has 1 aliphatic carbocycles. The molecular formula is C19H30ClIN4O. The van der Waals surface area contributed by atoms with E-state index in [4.69, 9.17) is 11.6 Å². The van der Waals surface area contributed by atoms with Crippen LogP contribution < -0.4 is 15.5 Å². The van der Waals surface area contributed by atoms with Gasteiger partial charge in [0.15, 0.2) is 5.96 Å². The molecule has 0 radical (unpaired) electrons. The van der Waals surface area contributed by atoms with Gasteiger partial charge in [0, 0.05) is 25.7 Å². The summed E-state index contributed by atoms with van der Waals surface area (Å²) in [6, 6.07) is 8.34. The Morgan fingerprint density at radius 1 is 1.35 bits per heavy atom. The minimum Gasteiger partial charge on any atom is -0.388 e. The number of halogens is 2. The topological polar surface area (TPSA) is 59.9 Å².